The molecule has 0 aliphatic carbocycles. The third kappa shape index (κ3) is 3.84. The topological polar surface area (TPSA) is 78.3 Å². The van der Waals surface area contributed by atoms with Gasteiger partial charge in [-0.3, -0.25) is 9.48 Å². The van der Waals surface area contributed by atoms with Gasteiger partial charge in [0.15, 0.2) is 0 Å². The standard InChI is InChI=1S/C17H22N4O3/c1-3-23-15-7-13-6-12(2)24-16(13)8-14(15)9-19-17(22)4-5-21-11-18-10-20-21/h7-8,10-12H,3-6,9H2,1-2H3,(H,19,22). The van der Waals surface area contributed by atoms with Gasteiger partial charge in [-0.05, 0) is 26.0 Å². The molecule has 24 heavy (non-hydrogen) atoms. The number of carbonyl (C=O) groups is 1. The molecule has 1 N–H and O–H groups in total. The number of fused-ring (bicyclic) bond motifs is 1. The summed E-state index contributed by atoms with van der Waals surface area (Å²) in [5, 5.41) is 6.91. The van der Waals surface area contributed by atoms with Crippen LogP contribution in [0.2, 0.25) is 0 Å². The number of nitrogens with zero attached hydrogens (tertiary/aromatic N) is 3. The number of amides is 1. The Hall–Kier alpha value is -2.57. The molecule has 0 fully saturated rings. The van der Waals surface area contributed by atoms with Gasteiger partial charge in [0, 0.05) is 30.5 Å². The molecule has 128 valence electrons. The van der Waals surface area contributed by atoms with Crippen molar-refractivity contribution in [2.75, 3.05) is 6.61 Å². The number of ether oxygens (including phenoxy) is 2. The van der Waals surface area contributed by atoms with Gasteiger partial charge in [0.1, 0.15) is 30.3 Å². The molecule has 1 amide bonds. The summed E-state index contributed by atoms with van der Waals surface area (Å²) in [6.07, 6.45) is 4.48. The Labute approximate surface area is 141 Å². The lowest BCUT2D eigenvalue weighted by Gasteiger charge is -2.13. The Morgan fingerprint density at radius 1 is 1.50 bits per heavy atom. The Bertz CT molecular complexity index is 700. The van der Waals surface area contributed by atoms with Gasteiger partial charge >= 0.3 is 0 Å². The molecule has 1 aliphatic heterocycles. The maximum atomic E-state index is 12.0. The minimum atomic E-state index is -0.0391. The van der Waals surface area contributed by atoms with E-state index in [1.165, 1.54) is 6.33 Å². The summed E-state index contributed by atoms with van der Waals surface area (Å²) >= 11 is 0. The lowest BCUT2D eigenvalue weighted by molar-refractivity contribution is -0.121. The van der Waals surface area contributed by atoms with E-state index < -0.39 is 0 Å². The van der Waals surface area contributed by atoms with Crippen molar-refractivity contribution in [1.29, 1.82) is 0 Å². The first-order chi connectivity index (χ1) is 11.7. The SMILES string of the molecule is CCOc1cc2c(cc1CNC(=O)CCn1cncn1)OC(C)C2. The van der Waals surface area contributed by atoms with E-state index in [1.807, 2.05) is 26.0 Å². The number of hydrogen-bond donors (Lipinski definition) is 1. The number of carbonyl (C=O) groups excluding carboxylic acids is 1. The van der Waals surface area contributed by atoms with Crippen molar-refractivity contribution in [2.24, 2.45) is 0 Å². The fourth-order valence-corrected chi connectivity index (χ4v) is 2.76. The molecule has 0 bridgehead atoms. The highest BCUT2D eigenvalue weighted by atomic mass is 16.5. The number of aryl methyl sites for hydroxylation is 1. The Balaban J connectivity index is 1.61. The zero-order valence-corrected chi connectivity index (χ0v) is 14.0. The molecule has 0 saturated carbocycles. The largest absolute Gasteiger partial charge is 0.494 e. The van der Waals surface area contributed by atoms with Gasteiger partial charge in [0.25, 0.3) is 0 Å². The fourth-order valence-electron chi connectivity index (χ4n) is 2.76. The second-order valence-corrected chi connectivity index (χ2v) is 5.82. The predicted molar refractivity (Wildman–Crippen MR) is 87.9 cm³/mol. The second-order valence-electron chi connectivity index (χ2n) is 5.82. The van der Waals surface area contributed by atoms with E-state index >= 15 is 0 Å². The van der Waals surface area contributed by atoms with Crippen molar-refractivity contribution >= 4 is 5.91 Å². The second kappa shape index (κ2) is 7.33. The third-order valence-corrected chi connectivity index (χ3v) is 3.89. The fraction of sp³-hybridized carbons (Fsp3) is 0.471. The number of aromatic nitrogens is 3. The molecule has 2 heterocycles. The molecule has 2 aromatic rings. The third-order valence-electron chi connectivity index (χ3n) is 3.89. The highest BCUT2D eigenvalue weighted by Gasteiger charge is 2.22. The van der Waals surface area contributed by atoms with E-state index in [2.05, 4.69) is 15.4 Å². The molecule has 1 atom stereocenters. The number of benzene rings is 1. The number of nitrogens with one attached hydrogen (secondary N) is 1. The van der Waals surface area contributed by atoms with Crippen molar-refractivity contribution in [3.8, 4) is 11.5 Å². The molecule has 3 rings (SSSR count). The van der Waals surface area contributed by atoms with Crippen LogP contribution in [0.15, 0.2) is 24.8 Å². The predicted octanol–water partition coefficient (Wildman–Crippen LogP) is 1.71. The van der Waals surface area contributed by atoms with E-state index in [0.717, 1.165) is 29.0 Å². The number of rotatable bonds is 7. The van der Waals surface area contributed by atoms with Crippen LogP contribution in [-0.4, -0.2) is 33.4 Å². The summed E-state index contributed by atoms with van der Waals surface area (Å²) in [6, 6.07) is 4.00. The summed E-state index contributed by atoms with van der Waals surface area (Å²) in [6.45, 7) is 5.51. The average molecular weight is 330 g/mol. The Morgan fingerprint density at radius 3 is 3.12 bits per heavy atom. The van der Waals surface area contributed by atoms with Gasteiger partial charge in [-0.2, -0.15) is 5.10 Å². The van der Waals surface area contributed by atoms with E-state index in [9.17, 15) is 4.79 Å². The van der Waals surface area contributed by atoms with Crippen molar-refractivity contribution < 1.29 is 14.3 Å². The summed E-state index contributed by atoms with van der Waals surface area (Å²) in [7, 11) is 0. The van der Waals surface area contributed by atoms with Gasteiger partial charge in [-0.1, -0.05) is 0 Å². The van der Waals surface area contributed by atoms with Crippen LogP contribution in [-0.2, 0) is 24.3 Å². The lowest BCUT2D eigenvalue weighted by Crippen LogP contribution is -2.24. The maximum Gasteiger partial charge on any atom is 0.222 e. The molecule has 7 nitrogen and oxygen atoms in total. The zero-order chi connectivity index (χ0) is 16.9. The minimum Gasteiger partial charge on any atom is -0.494 e. The van der Waals surface area contributed by atoms with Crippen LogP contribution in [0.1, 0.15) is 31.4 Å². The lowest BCUT2D eigenvalue weighted by atomic mass is 10.1. The highest BCUT2D eigenvalue weighted by Crippen LogP contribution is 2.35. The van der Waals surface area contributed by atoms with Crippen LogP contribution >= 0.6 is 0 Å². The molecular formula is C17H22N4O3. The molecule has 1 aromatic heterocycles. The van der Waals surface area contributed by atoms with Crippen molar-refractivity contribution in [3.63, 3.8) is 0 Å². The number of hydrogen-bond acceptors (Lipinski definition) is 5. The van der Waals surface area contributed by atoms with Crippen LogP contribution in [0.3, 0.4) is 0 Å². The molecule has 0 saturated heterocycles. The van der Waals surface area contributed by atoms with Crippen LogP contribution in [0, 0.1) is 0 Å². The maximum absolute atomic E-state index is 12.0. The first-order valence-corrected chi connectivity index (χ1v) is 8.20. The van der Waals surface area contributed by atoms with Gasteiger partial charge in [-0.15, -0.1) is 0 Å². The van der Waals surface area contributed by atoms with Crippen LogP contribution in [0.5, 0.6) is 11.5 Å². The highest BCUT2D eigenvalue weighted by molar-refractivity contribution is 5.75. The molecule has 1 aromatic carbocycles. The molecule has 7 heteroatoms. The Morgan fingerprint density at radius 2 is 2.38 bits per heavy atom. The van der Waals surface area contributed by atoms with Crippen LogP contribution in [0.4, 0.5) is 0 Å². The summed E-state index contributed by atoms with van der Waals surface area (Å²) in [5.41, 5.74) is 2.09. The van der Waals surface area contributed by atoms with E-state index in [4.69, 9.17) is 9.47 Å². The van der Waals surface area contributed by atoms with Gasteiger partial charge in [-0.25, -0.2) is 4.98 Å². The molecule has 1 aliphatic rings. The summed E-state index contributed by atoms with van der Waals surface area (Å²) < 4.78 is 13.2. The molecule has 0 spiro atoms. The minimum absolute atomic E-state index is 0.0391. The van der Waals surface area contributed by atoms with Crippen LogP contribution < -0.4 is 14.8 Å². The smallest absolute Gasteiger partial charge is 0.222 e. The molecular weight excluding hydrogens is 308 g/mol. The first kappa shape index (κ1) is 16.3. The van der Waals surface area contributed by atoms with Crippen molar-refractivity contribution in [3.05, 3.63) is 35.9 Å². The molecule has 1 unspecified atom stereocenters. The Kier molecular flexibility index (Phi) is 4.98. The van der Waals surface area contributed by atoms with Crippen molar-refractivity contribution in [2.45, 2.75) is 45.9 Å². The quantitative estimate of drug-likeness (QED) is 0.836. The molecule has 0 radical (unpaired) electrons. The monoisotopic (exact) mass is 330 g/mol. The summed E-state index contributed by atoms with van der Waals surface area (Å²) in [4.78, 5) is 15.9. The normalized spacial score (nSPS) is 15.7. The van der Waals surface area contributed by atoms with E-state index in [-0.39, 0.29) is 12.0 Å². The summed E-state index contributed by atoms with van der Waals surface area (Å²) in [5.74, 6) is 1.66. The van der Waals surface area contributed by atoms with Gasteiger partial charge < -0.3 is 14.8 Å². The van der Waals surface area contributed by atoms with Crippen LogP contribution in [0.25, 0.3) is 0 Å². The van der Waals surface area contributed by atoms with Crippen molar-refractivity contribution in [1.82, 2.24) is 20.1 Å². The zero-order valence-electron chi connectivity index (χ0n) is 14.0. The average Bonchev–Trinajstić information content (AvgIpc) is 3.19. The van der Waals surface area contributed by atoms with E-state index in [0.29, 0.717) is 26.1 Å². The van der Waals surface area contributed by atoms with Gasteiger partial charge in [0.2, 0.25) is 5.91 Å². The van der Waals surface area contributed by atoms with Gasteiger partial charge in [0.05, 0.1) is 13.2 Å². The van der Waals surface area contributed by atoms with E-state index in [1.54, 1.807) is 11.0 Å². The first-order valence-electron chi connectivity index (χ1n) is 8.20.